The van der Waals surface area contributed by atoms with Gasteiger partial charge in [0.25, 0.3) is 5.91 Å². The lowest BCUT2D eigenvalue weighted by Crippen LogP contribution is -2.30. The molecule has 0 atom stereocenters. The minimum atomic E-state index is -0.399. The van der Waals surface area contributed by atoms with Gasteiger partial charge < -0.3 is 10.1 Å². The van der Waals surface area contributed by atoms with Crippen LogP contribution < -0.4 is 10.1 Å². The summed E-state index contributed by atoms with van der Waals surface area (Å²) in [5.41, 5.74) is 1.88. The zero-order valence-corrected chi connectivity index (χ0v) is 15.5. The summed E-state index contributed by atoms with van der Waals surface area (Å²) in [6, 6.07) is 12.0. The Labute approximate surface area is 161 Å². The van der Waals surface area contributed by atoms with Gasteiger partial charge in [-0.1, -0.05) is 41.4 Å². The molecule has 5 nitrogen and oxygen atoms in total. The summed E-state index contributed by atoms with van der Waals surface area (Å²) in [7, 11) is 0. The standard InChI is InChI=1S/C19H16Cl2N2O3/c1-2-23-18(24)17(22-19(23)25)9-12-3-7-15(8-4-12)26-11-13-5-6-14(20)10-16(13)21/h3-10H,2,11H2,1H3,(H,22,25)/b17-9+. The molecule has 26 heavy (non-hydrogen) atoms. The van der Waals surface area contributed by atoms with Crippen LogP contribution in [0, 0.1) is 0 Å². The van der Waals surface area contributed by atoms with E-state index in [1.54, 1.807) is 49.4 Å². The summed E-state index contributed by atoms with van der Waals surface area (Å²) in [4.78, 5) is 24.9. The highest BCUT2D eigenvalue weighted by Gasteiger charge is 2.31. The van der Waals surface area contributed by atoms with Gasteiger partial charge in [0.2, 0.25) is 0 Å². The number of carbonyl (C=O) groups is 2. The van der Waals surface area contributed by atoms with E-state index >= 15 is 0 Å². The molecule has 3 rings (SSSR count). The molecule has 7 heteroatoms. The molecule has 0 saturated carbocycles. The van der Waals surface area contributed by atoms with Crippen LogP contribution in [0.4, 0.5) is 4.79 Å². The van der Waals surface area contributed by atoms with Crippen molar-refractivity contribution in [3.8, 4) is 5.75 Å². The molecule has 3 amide bonds. The van der Waals surface area contributed by atoms with Gasteiger partial charge in [-0.25, -0.2) is 4.79 Å². The fourth-order valence-electron chi connectivity index (χ4n) is 2.49. The second kappa shape index (κ2) is 7.81. The van der Waals surface area contributed by atoms with Gasteiger partial charge in [0.1, 0.15) is 18.1 Å². The molecular formula is C19H16Cl2N2O3. The van der Waals surface area contributed by atoms with Gasteiger partial charge in [-0.3, -0.25) is 9.69 Å². The van der Waals surface area contributed by atoms with Crippen molar-refractivity contribution in [1.29, 1.82) is 0 Å². The van der Waals surface area contributed by atoms with Crippen molar-refractivity contribution in [1.82, 2.24) is 10.2 Å². The van der Waals surface area contributed by atoms with Crippen LogP contribution >= 0.6 is 23.2 Å². The maximum Gasteiger partial charge on any atom is 0.328 e. The summed E-state index contributed by atoms with van der Waals surface area (Å²) < 4.78 is 5.72. The van der Waals surface area contributed by atoms with Crippen LogP contribution in [0.5, 0.6) is 5.75 Å². The number of imide groups is 1. The number of carbonyl (C=O) groups excluding carboxylic acids is 2. The van der Waals surface area contributed by atoms with Gasteiger partial charge in [-0.2, -0.15) is 0 Å². The van der Waals surface area contributed by atoms with Crippen molar-refractivity contribution in [2.24, 2.45) is 0 Å². The summed E-state index contributed by atoms with van der Waals surface area (Å²) in [5, 5.41) is 3.69. The van der Waals surface area contributed by atoms with Crippen LogP contribution in [0.25, 0.3) is 6.08 Å². The molecule has 0 aliphatic carbocycles. The van der Waals surface area contributed by atoms with Gasteiger partial charge in [0.05, 0.1) is 0 Å². The van der Waals surface area contributed by atoms with Crippen LogP contribution in [0.1, 0.15) is 18.1 Å². The molecule has 0 radical (unpaired) electrons. The molecule has 2 aromatic carbocycles. The fraction of sp³-hybridized carbons (Fsp3) is 0.158. The molecule has 0 bridgehead atoms. The van der Waals surface area contributed by atoms with Crippen LogP contribution in [-0.2, 0) is 11.4 Å². The number of rotatable bonds is 5. The van der Waals surface area contributed by atoms with E-state index in [0.29, 0.717) is 28.9 Å². The molecule has 0 unspecified atom stereocenters. The van der Waals surface area contributed by atoms with E-state index in [4.69, 9.17) is 27.9 Å². The third-order valence-electron chi connectivity index (χ3n) is 3.88. The second-order valence-electron chi connectivity index (χ2n) is 5.63. The Balaban J connectivity index is 1.66. The molecule has 134 valence electrons. The van der Waals surface area contributed by atoms with Gasteiger partial charge >= 0.3 is 6.03 Å². The highest BCUT2D eigenvalue weighted by atomic mass is 35.5. The molecule has 0 aromatic heterocycles. The zero-order valence-electron chi connectivity index (χ0n) is 14.0. The molecule has 2 aromatic rings. The van der Waals surface area contributed by atoms with E-state index in [9.17, 15) is 9.59 Å². The van der Waals surface area contributed by atoms with Crippen LogP contribution in [0.3, 0.4) is 0 Å². The van der Waals surface area contributed by atoms with Crippen LogP contribution in [-0.4, -0.2) is 23.4 Å². The van der Waals surface area contributed by atoms with Crippen molar-refractivity contribution in [2.75, 3.05) is 6.54 Å². The highest BCUT2D eigenvalue weighted by molar-refractivity contribution is 6.35. The number of amides is 3. The fourth-order valence-corrected chi connectivity index (χ4v) is 2.95. The van der Waals surface area contributed by atoms with Gasteiger partial charge in [0.15, 0.2) is 0 Å². The third kappa shape index (κ3) is 4.00. The summed E-state index contributed by atoms with van der Waals surface area (Å²) in [6.07, 6.45) is 1.63. The Morgan fingerprint density at radius 1 is 1.12 bits per heavy atom. The van der Waals surface area contributed by atoms with E-state index in [2.05, 4.69) is 5.32 Å². The van der Waals surface area contributed by atoms with Gasteiger partial charge in [-0.15, -0.1) is 0 Å². The zero-order chi connectivity index (χ0) is 18.7. The van der Waals surface area contributed by atoms with E-state index in [1.807, 2.05) is 6.07 Å². The van der Waals surface area contributed by atoms with Crippen LogP contribution in [0.15, 0.2) is 48.2 Å². The largest absolute Gasteiger partial charge is 0.489 e. The molecule has 1 aliphatic rings. The Morgan fingerprint density at radius 3 is 2.46 bits per heavy atom. The Hall–Kier alpha value is -2.50. The molecule has 1 saturated heterocycles. The molecule has 1 heterocycles. The van der Waals surface area contributed by atoms with E-state index in [0.717, 1.165) is 16.0 Å². The number of urea groups is 1. The van der Waals surface area contributed by atoms with Gasteiger partial charge in [0, 0.05) is 22.2 Å². The van der Waals surface area contributed by atoms with E-state index < -0.39 is 6.03 Å². The molecule has 1 N–H and O–H groups in total. The number of benzene rings is 2. The predicted molar refractivity (Wildman–Crippen MR) is 101 cm³/mol. The Bertz CT molecular complexity index is 879. The number of nitrogens with zero attached hydrogens (tertiary/aromatic N) is 1. The maximum atomic E-state index is 12.1. The SMILES string of the molecule is CCN1C(=O)N/C(=C/c2ccc(OCc3ccc(Cl)cc3Cl)cc2)C1=O. The monoisotopic (exact) mass is 390 g/mol. The number of likely N-dealkylation sites (N-methyl/N-ethyl adjacent to an activating group) is 1. The van der Waals surface area contributed by atoms with E-state index in [-0.39, 0.29) is 11.6 Å². The quantitative estimate of drug-likeness (QED) is 0.604. The normalized spacial score (nSPS) is 15.5. The molecular weight excluding hydrogens is 375 g/mol. The first-order valence-electron chi connectivity index (χ1n) is 7.99. The maximum absolute atomic E-state index is 12.1. The molecule has 1 fully saturated rings. The smallest absolute Gasteiger partial charge is 0.328 e. The molecule has 1 aliphatic heterocycles. The van der Waals surface area contributed by atoms with Crippen molar-refractivity contribution in [3.63, 3.8) is 0 Å². The first-order valence-corrected chi connectivity index (χ1v) is 8.75. The van der Waals surface area contributed by atoms with Crippen molar-refractivity contribution in [2.45, 2.75) is 13.5 Å². The van der Waals surface area contributed by atoms with Gasteiger partial charge in [-0.05, 0) is 42.8 Å². The number of hydrogen-bond acceptors (Lipinski definition) is 3. The minimum absolute atomic E-state index is 0.262. The van der Waals surface area contributed by atoms with Crippen molar-refractivity contribution >= 4 is 41.2 Å². The first kappa shape index (κ1) is 18.3. The summed E-state index contributed by atoms with van der Waals surface area (Å²) >= 11 is 12.0. The first-order chi connectivity index (χ1) is 12.5. The van der Waals surface area contributed by atoms with E-state index in [1.165, 1.54) is 0 Å². The number of halogens is 2. The lowest BCUT2D eigenvalue weighted by atomic mass is 10.2. The topological polar surface area (TPSA) is 58.6 Å². The lowest BCUT2D eigenvalue weighted by Gasteiger charge is -2.08. The minimum Gasteiger partial charge on any atom is -0.489 e. The average Bonchev–Trinajstić information content (AvgIpc) is 2.88. The number of ether oxygens (including phenoxy) is 1. The lowest BCUT2D eigenvalue weighted by molar-refractivity contribution is -0.122. The summed E-state index contributed by atoms with van der Waals surface area (Å²) in [6.45, 7) is 2.40. The Kier molecular flexibility index (Phi) is 5.49. The predicted octanol–water partition coefficient (Wildman–Crippen LogP) is 4.49. The second-order valence-corrected chi connectivity index (χ2v) is 6.47. The van der Waals surface area contributed by atoms with Crippen LogP contribution in [0.2, 0.25) is 10.0 Å². The third-order valence-corrected chi connectivity index (χ3v) is 4.47. The molecule has 0 spiro atoms. The highest BCUT2D eigenvalue weighted by Crippen LogP contribution is 2.23. The number of nitrogens with one attached hydrogen (secondary N) is 1. The van der Waals surface area contributed by atoms with Crippen molar-refractivity contribution in [3.05, 3.63) is 69.3 Å². The van der Waals surface area contributed by atoms with Crippen molar-refractivity contribution < 1.29 is 14.3 Å². The summed E-state index contributed by atoms with van der Waals surface area (Å²) in [5.74, 6) is 0.338. The average molecular weight is 391 g/mol. The number of hydrogen-bond donors (Lipinski definition) is 1. The Morgan fingerprint density at radius 2 is 1.85 bits per heavy atom.